The molecule has 106 valence electrons. The highest BCUT2D eigenvalue weighted by Crippen LogP contribution is 2.27. The number of ketones is 2. The molecule has 21 heavy (non-hydrogen) atoms. The van der Waals surface area contributed by atoms with Crippen LogP contribution in [0.5, 0.6) is 0 Å². The van der Waals surface area contributed by atoms with Crippen molar-refractivity contribution >= 4 is 11.6 Å². The summed E-state index contributed by atoms with van der Waals surface area (Å²) < 4.78 is 5.50. The topological polar surface area (TPSA) is 43.4 Å². The van der Waals surface area contributed by atoms with Gasteiger partial charge in [-0.3, -0.25) is 9.59 Å². The maximum absolute atomic E-state index is 12.5. The lowest BCUT2D eigenvalue weighted by Crippen LogP contribution is -2.21. The standard InChI is InChI=1S/C18H16O3/c1-2-9-21-11-12-7-8-15-16(10-12)18(20)14-6-4-3-5-13(14)17(15)19/h3-8,10H,2,9,11H2,1H3. The summed E-state index contributed by atoms with van der Waals surface area (Å²) in [5.74, 6) is -0.168. The van der Waals surface area contributed by atoms with Crippen LogP contribution in [-0.2, 0) is 11.3 Å². The predicted molar refractivity (Wildman–Crippen MR) is 79.7 cm³/mol. The molecule has 2 aromatic carbocycles. The number of rotatable bonds is 4. The Morgan fingerprint density at radius 1 is 0.857 bits per heavy atom. The van der Waals surface area contributed by atoms with Gasteiger partial charge in [-0.15, -0.1) is 0 Å². The minimum absolute atomic E-state index is 0.0822. The van der Waals surface area contributed by atoms with Crippen molar-refractivity contribution in [2.24, 2.45) is 0 Å². The number of ether oxygens (including phenoxy) is 1. The van der Waals surface area contributed by atoms with Crippen LogP contribution >= 0.6 is 0 Å². The Balaban J connectivity index is 1.99. The summed E-state index contributed by atoms with van der Waals surface area (Å²) in [6.45, 7) is 3.20. The van der Waals surface area contributed by atoms with Crippen LogP contribution in [0.3, 0.4) is 0 Å². The fraction of sp³-hybridized carbons (Fsp3) is 0.222. The lowest BCUT2D eigenvalue weighted by molar-refractivity contribution is 0.0978. The van der Waals surface area contributed by atoms with Gasteiger partial charge in [-0.1, -0.05) is 37.3 Å². The molecule has 0 bridgehead atoms. The molecular weight excluding hydrogens is 264 g/mol. The van der Waals surface area contributed by atoms with E-state index in [1.807, 2.05) is 13.0 Å². The fourth-order valence-electron chi connectivity index (χ4n) is 2.57. The van der Waals surface area contributed by atoms with Crippen LogP contribution in [0.15, 0.2) is 42.5 Å². The van der Waals surface area contributed by atoms with Crippen molar-refractivity contribution in [1.82, 2.24) is 0 Å². The van der Waals surface area contributed by atoms with Crippen LogP contribution in [0.2, 0.25) is 0 Å². The summed E-state index contributed by atoms with van der Waals surface area (Å²) in [4.78, 5) is 25.0. The van der Waals surface area contributed by atoms with Gasteiger partial charge >= 0.3 is 0 Å². The highest BCUT2D eigenvalue weighted by molar-refractivity contribution is 6.28. The van der Waals surface area contributed by atoms with E-state index in [4.69, 9.17) is 4.74 Å². The van der Waals surface area contributed by atoms with Crippen molar-refractivity contribution in [3.63, 3.8) is 0 Å². The summed E-state index contributed by atoms with van der Waals surface area (Å²) >= 11 is 0. The van der Waals surface area contributed by atoms with E-state index in [0.717, 1.165) is 12.0 Å². The summed E-state index contributed by atoms with van der Waals surface area (Å²) in [5.41, 5.74) is 2.86. The average molecular weight is 280 g/mol. The Morgan fingerprint density at radius 3 is 2.14 bits per heavy atom. The lowest BCUT2D eigenvalue weighted by atomic mass is 9.83. The molecule has 0 fully saturated rings. The van der Waals surface area contributed by atoms with E-state index in [1.54, 1.807) is 36.4 Å². The van der Waals surface area contributed by atoms with E-state index in [9.17, 15) is 9.59 Å². The highest BCUT2D eigenvalue weighted by atomic mass is 16.5. The molecule has 3 rings (SSSR count). The van der Waals surface area contributed by atoms with Crippen LogP contribution in [0.25, 0.3) is 0 Å². The van der Waals surface area contributed by atoms with E-state index in [0.29, 0.717) is 35.5 Å². The highest BCUT2D eigenvalue weighted by Gasteiger charge is 2.29. The van der Waals surface area contributed by atoms with Gasteiger partial charge in [-0.25, -0.2) is 0 Å². The van der Waals surface area contributed by atoms with Crippen molar-refractivity contribution in [2.75, 3.05) is 6.61 Å². The Bertz CT molecular complexity index is 716. The second-order valence-electron chi connectivity index (χ2n) is 5.14. The van der Waals surface area contributed by atoms with E-state index in [1.165, 1.54) is 0 Å². The van der Waals surface area contributed by atoms with Gasteiger partial charge in [0.05, 0.1) is 6.61 Å². The first-order valence-electron chi connectivity index (χ1n) is 7.11. The number of carbonyl (C=O) groups is 2. The SMILES string of the molecule is CCCOCc1ccc2c(c1)C(=O)c1ccccc1C2=O. The van der Waals surface area contributed by atoms with Gasteiger partial charge < -0.3 is 4.74 Å². The summed E-state index contributed by atoms with van der Waals surface area (Å²) in [5, 5.41) is 0. The monoisotopic (exact) mass is 280 g/mol. The molecule has 3 nitrogen and oxygen atoms in total. The largest absolute Gasteiger partial charge is 0.377 e. The molecule has 0 heterocycles. The zero-order valence-electron chi connectivity index (χ0n) is 11.9. The molecule has 0 atom stereocenters. The third-order valence-electron chi connectivity index (χ3n) is 3.61. The molecule has 3 heteroatoms. The molecule has 0 N–H and O–H groups in total. The Morgan fingerprint density at radius 2 is 1.48 bits per heavy atom. The second-order valence-corrected chi connectivity index (χ2v) is 5.14. The van der Waals surface area contributed by atoms with Crippen molar-refractivity contribution < 1.29 is 14.3 Å². The first kappa shape index (κ1) is 13.7. The van der Waals surface area contributed by atoms with Gasteiger partial charge in [0.2, 0.25) is 0 Å². The molecule has 0 aliphatic heterocycles. The van der Waals surface area contributed by atoms with Gasteiger partial charge in [0.1, 0.15) is 0 Å². The van der Waals surface area contributed by atoms with E-state index in [-0.39, 0.29) is 11.6 Å². The maximum Gasteiger partial charge on any atom is 0.194 e. The molecule has 0 aromatic heterocycles. The molecule has 0 radical (unpaired) electrons. The molecular formula is C18H16O3. The molecule has 0 saturated heterocycles. The molecule has 1 aliphatic rings. The molecule has 2 aromatic rings. The third-order valence-corrected chi connectivity index (χ3v) is 3.61. The zero-order valence-corrected chi connectivity index (χ0v) is 11.9. The lowest BCUT2D eigenvalue weighted by Gasteiger charge is -2.18. The molecule has 0 spiro atoms. The third kappa shape index (κ3) is 2.41. The average Bonchev–Trinajstić information content (AvgIpc) is 2.53. The quantitative estimate of drug-likeness (QED) is 0.688. The first-order chi connectivity index (χ1) is 10.2. The number of hydrogen-bond acceptors (Lipinski definition) is 3. The maximum atomic E-state index is 12.5. The Labute approximate surface area is 123 Å². The molecule has 0 saturated carbocycles. The van der Waals surface area contributed by atoms with Crippen LogP contribution in [0, 0.1) is 0 Å². The molecule has 0 unspecified atom stereocenters. The number of carbonyl (C=O) groups excluding carboxylic acids is 2. The minimum atomic E-state index is -0.0856. The van der Waals surface area contributed by atoms with Crippen LogP contribution < -0.4 is 0 Å². The summed E-state index contributed by atoms with van der Waals surface area (Å²) in [6, 6.07) is 12.3. The van der Waals surface area contributed by atoms with Gasteiger partial charge in [0.15, 0.2) is 11.6 Å². The number of benzene rings is 2. The molecule has 1 aliphatic carbocycles. The van der Waals surface area contributed by atoms with Crippen molar-refractivity contribution in [3.8, 4) is 0 Å². The van der Waals surface area contributed by atoms with E-state index < -0.39 is 0 Å². The smallest absolute Gasteiger partial charge is 0.194 e. The van der Waals surface area contributed by atoms with Gasteiger partial charge in [0, 0.05) is 28.9 Å². The van der Waals surface area contributed by atoms with Crippen LogP contribution in [0.1, 0.15) is 50.8 Å². The zero-order chi connectivity index (χ0) is 14.8. The van der Waals surface area contributed by atoms with Crippen molar-refractivity contribution in [2.45, 2.75) is 20.0 Å². The Hall–Kier alpha value is -2.26. The molecule has 0 amide bonds. The predicted octanol–water partition coefficient (Wildman–Crippen LogP) is 3.39. The minimum Gasteiger partial charge on any atom is -0.377 e. The fourth-order valence-corrected chi connectivity index (χ4v) is 2.57. The van der Waals surface area contributed by atoms with Crippen molar-refractivity contribution in [1.29, 1.82) is 0 Å². The van der Waals surface area contributed by atoms with Gasteiger partial charge in [-0.05, 0) is 24.1 Å². The van der Waals surface area contributed by atoms with Gasteiger partial charge in [0.25, 0.3) is 0 Å². The second kappa shape index (κ2) is 5.62. The van der Waals surface area contributed by atoms with E-state index >= 15 is 0 Å². The van der Waals surface area contributed by atoms with Gasteiger partial charge in [-0.2, -0.15) is 0 Å². The van der Waals surface area contributed by atoms with Crippen LogP contribution in [-0.4, -0.2) is 18.2 Å². The normalized spacial score (nSPS) is 13.0. The van der Waals surface area contributed by atoms with Crippen LogP contribution in [0.4, 0.5) is 0 Å². The number of hydrogen-bond donors (Lipinski definition) is 0. The first-order valence-corrected chi connectivity index (χ1v) is 7.11. The van der Waals surface area contributed by atoms with Crippen molar-refractivity contribution in [3.05, 3.63) is 70.3 Å². The number of fused-ring (bicyclic) bond motifs is 2. The Kier molecular flexibility index (Phi) is 3.67. The summed E-state index contributed by atoms with van der Waals surface area (Å²) in [6.07, 6.45) is 0.954. The summed E-state index contributed by atoms with van der Waals surface area (Å²) in [7, 11) is 0. The van der Waals surface area contributed by atoms with E-state index in [2.05, 4.69) is 0 Å².